The molecule has 1 amide bonds. The molecule has 5 rings (SSSR count). The van der Waals surface area contributed by atoms with Crippen LogP contribution in [0.3, 0.4) is 0 Å². The van der Waals surface area contributed by atoms with Crippen LogP contribution in [0.25, 0.3) is 16.6 Å². The summed E-state index contributed by atoms with van der Waals surface area (Å²) in [5.74, 6) is -0.268. The van der Waals surface area contributed by atoms with E-state index in [-0.39, 0.29) is 22.7 Å². The Hall–Kier alpha value is -3.48. The fourth-order valence-electron chi connectivity index (χ4n) is 3.56. The lowest BCUT2D eigenvalue weighted by Crippen LogP contribution is -2.36. The number of benzene rings is 2. The van der Waals surface area contributed by atoms with Crippen molar-refractivity contribution in [3.05, 3.63) is 75.7 Å². The molecular weight excluding hydrogens is 330 g/mol. The van der Waals surface area contributed by atoms with Crippen LogP contribution in [0.4, 0.5) is 0 Å². The third-order valence-corrected chi connectivity index (χ3v) is 4.89. The maximum absolute atomic E-state index is 13.0. The molecule has 0 fully saturated rings. The largest absolute Gasteiger partial charge is 0.333 e. The Balaban J connectivity index is 1.61. The van der Waals surface area contributed by atoms with Gasteiger partial charge in [-0.2, -0.15) is 0 Å². The molecule has 0 saturated heterocycles. The minimum absolute atomic E-state index is 0.0939. The van der Waals surface area contributed by atoms with Gasteiger partial charge in [0.1, 0.15) is 0 Å². The molecule has 0 spiro atoms. The number of hydrogen-bond donors (Lipinski definition) is 1. The summed E-state index contributed by atoms with van der Waals surface area (Å²) in [5, 5.41) is 8.11. The topological polar surface area (TPSA) is 83.4 Å². The van der Waals surface area contributed by atoms with E-state index in [1.165, 1.54) is 10.1 Å². The molecule has 0 atom stereocenters. The van der Waals surface area contributed by atoms with Crippen LogP contribution in [-0.2, 0) is 13.0 Å². The van der Waals surface area contributed by atoms with Crippen molar-refractivity contribution in [2.75, 3.05) is 6.54 Å². The Morgan fingerprint density at radius 1 is 1.04 bits per heavy atom. The maximum Gasteiger partial charge on any atom is 0.277 e. The molecule has 26 heavy (non-hydrogen) atoms. The van der Waals surface area contributed by atoms with Gasteiger partial charge in [-0.25, -0.2) is 4.52 Å². The number of amides is 1. The second-order valence-electron chi connectivity index (χ2n) is 6.42. The summed E-state index contributed by atoms with van der Waals surface area (Å²) in [7, 11) is 0. The van der Waals surface area contributed by atoms with E-state index in [4.69, 9.17) is 0 Å². The highest BCUT2D eigenvalue weighted by atomic mass is 16.2. The molecule has 0 saturated carbocycles. The van der Waals surface area contributed by atoms with E-state index in [2.05, 4.69) is 21.4 Å². The molecule has 1 N–H and O–H groups in total. The van der Waals surface area contributed by atoms with Crippen molar-refractivity contribution in [1.82, 2.24) is 24.7 Å². The Morgan fingerprint density at radius 3 is 2.69 bits per heavy atom. The zero-order valence-electron chi connectivity index (χ0n) is 13.8. The van der Waals surface area contributed by atoms with Crippen molar-refractivity contribution in [2.45, 2.75) is 13.0 Å². The van der Waals surface area contributed by atoms with E-state index in [1.54, 1.807) is 11.0 Å². The Morgan fingerprint density at radius 2 is 1.81 bits per heavy atom. The first-order chi connectivity index (χ1) is 12.7. The number of fused-ring (bicyclic) bond motifs is 4. The number of carbonyl (C=O) groups is 1. The van der Waals surface area contributed by atoms with Gasteiger partial charge in [0.05, 0.1) is 11.0 Å². The van der Waals surface area contributed by atoms with E-state index in [0.717, 1.165) is 12.0 Å². The first-order valence-electron chi connectivity index (χ1n) is 8.45. The molecule has 0 aliphatic carbocycles. The number of aromatic amines is 1. The molecule has 0 radical (unpaired) electrons. The first kappa shape index (κ1) is 14.8. The van der Waals surface area contributed by atoms with Crippen LogP contribution in [-0.4, -0.2) is 37.2 Å². The molecule has 3 heterocycles. The van der Waals surface area contributed by atoms with Gasteiger partial charge in [-0.05, 0) is 29.7 Å². The van der Waals surface area contributed by atoms with Crippen LogP contribution >= 0.6 is 0 Å². The van der Waals surface area contributed by atoms with Crippen molar-refractivity contribution < 1.29 is 4.79 Å². The molecule has 2 aromatic carbocycles. The summed E-state index contributed by atoms with van der Waals surface area (Å²) in [5.41, 5.74) is 3.66. The normalized spacial score (nSPS) is 13.9. The van der Waals surface area contributed by atoms with Crippen LogP contribution in [0, 0.1) is 0 Å². The van der Waals surface area contributed by atoms with Gasteiger partial charge in [-0.1, -0.05) is 41.6 Å². The zero-order valence-corrected chi connectivity index (χ0v) is 13.8. The predicted molar refractivity (Wildman–Crippen MR) is 96.0 cm³/mol. The lowest BCUT2D eigenvalue weighted by atomic mass is 10.00. The fraction of sp³-hybridized carbons (Fsp3) is 0.158. The van der Waals surface area contributed by atoms with Gasteiger partial charge in [0, 0.05) is 13.1 Å². The lowest BCUT2D eigenvalue weighted by Gasteiger charge is -2.28. The number of rotatable bonds is 1. The predicted octanol–water partition coefficient (Wildman–Crippen LogP) is 1.77. The molecule has 2 aromatic heterocycles. The second kappa shape index (κ2) is 5.52. The van der Waals surface area contributed by atoms with Crippen LogP contribution in [0.15, 0.2) is 53.3 Å². The van der Waals surface area contributed by atoms with Gasteiger partial charge < -0.3 is 9.88 Å². The van der Waals surface area contributed by atoms with Crippen LogP contribution < -0.4 is 5.56 Å². The summed E-state index contributed by atoms with van der Waals surface area (Å²) < 4.78 is 1.44. The van der Waals surface area contributed by atoms with Crippen LogP contribution in [0.5, 0.6) is 0 Å². The number of carbonyl (C=O) groups excluding carboxylic acids is 1. The van der Waals surface area contributed by atoms with E-state index in [0.29, 0.717) is 24.1 Å². The Bertz CT molecular complexity index is 1220. The van der Waals surface area contributed by atoms with Gasteiger partial charge in [-0.3, -0.25) is 9.59 Å². The Labute approximate surface area is 147 Å². The van der Waals surface area contributed by atoms with E-state index < -0.39 is 0 Å². The summed E-state index contributed by atoms with van der Waals surface area (Å²) in [6.07, 6.45) is 0.792. The number of nitrogens with one attached hydrogen (secondary N) is 1. The highest BCUT2D eigenvalue weighted by Crippen LogP contribution is 2.21. The average Bonchev–Trinajstić information content (AvgIpc) is 3.13. The molecule has 4 aromatic rings. The van der Waals surface area contributed by atoms with Crippen molar-refractivity contribution in [3.8, 4) is 0 Å². The van der Waals surface area contributed by atoms with Gasteiger partial charge in [0.2, 0.25) is 0 Å². The van der Waals surface area contributed by atoms with Gasteiger partial charge >= 0.3 is 0 Å². The quantitative estimate of drug-likeness (QED) is 0.570. The molecule has 7 heteroatoms. The van der Waals surface area contributed by atoms with Gasteiger partial charge in [0.15, 0.2) is 11.2 Å². The van der Waals surface area contributed by atoms with Crippen LogP contribution in [0.1, 0.15) is 21.6 Å². The van der Waals surface area contributed by atoms with Gasteiger partial charge in [-0.15, -0.1) is 5.10 Å². The average molecular weight is 345 g/mol. The second-order valence-corrected chi connectivity index (χ2v) is 6.42. The molecule has 0 bridgehead atoms. The molecule has 0 unspecified atom stereocenters. The van der Waals surface area contributed by atoms with Crippen molar-refractivity contribution in [3.63, 3.8) is 0 Å². The number of H-pyrrole nitrogens is 1. The lowest BCUT2D eigenvalue weighted by molar-refractivity contribution is 0.0730. The summed E-state index contributed by atoms with van der Waals surface area (Å²) >= 11 is 0. The Kier molecular flexibility index (Phi) is 3.15. The molecule has 7 nitrogen and oxygen atoms in total. The maximum atomic E-state index is 13.0. The van der Waals surface area contributed by atoms with Crippen molar-refractivity contribution in [1.29, 1.82) is 0 Å². The van der Waals surface area contributed by atoms with Crippen molar-refractivity contribution in [2.24, 2.45) is 0 Å². The number of nitrogens with zero attached hydrogens (tertiary/aromatic N) is 4. The summed E-state index contributed by atoms with van der Waals surface area (Å²) in [4.78, 5) is 30.1. The molecular formula is C19H15N5O2. The standard InChI is InChI=1S/C19H15N5O2/c25-18-17-16(21-22-24(17)15-8-4-3-7-14(15)20-18)19(26)23-10-9-12-5-1-2-6-13(12)11-23/h1-8H,9-11H2,(H,20,25). The smallest absolute Gasteiger partial charge is 0.277 e. The van der Waals surface area contributed by atoms with Crippen LogP contribution in [0.2, 0.25) is 0 Å². The minimum Gasteiger partial charge on any atom is -0.333 e. The number of hydrogen-bond acceptors (Lipinski definition) is 4. The highest BCUT2D eigenvalue weighted by Gasteiger charge is 2.27. The van der Waals surface area contributed by atoms with Gasteiger partial charge in [0.25, 0.3) is 11.5 Å². The number of aromatic nitrogens is 4. The molecule has 1 aliphatic heterocycles. The summed E-state index contributed by atoms with van der Waals surface area (Å²) in [6.45, 7) is 1.11. The fourth-order valence-corrected chi connectivity index (χ4v) is 3.56. The first-order valence-corrected chi connectivity index (χ1v) is 8.45. The van der Waals surface area contributed by atoms with E-state index in [9.17, 15) is 9.59 Å². The van der Waals surface area contributed by atoms with E-state index in [1.807, 2.05) is 36.4 Å². The number of para-hydroxylation sites is 2. The van der Waals surface area contributed by atoms with Crippen molar-refractivity contribution >= 4 is 22.5 Å². The highest BCUT2D eigenvalue weighted by molar-refractivity contribution is 5.99. The molecule has 128 valence electrons. The third-order valence-electron chi connectivity index (χ3n) is 4.89. The molecule has 1 aliphatic rings. The zero-order chi connectivity index (χ0) is 17.7. The van der Waals surface area contributed by atoms with E-state index >= 15 is 0 Å². The monoisotopic (exact) mass is 345 g/mol. The third kappa shape index (κ3) is 2.13. The minimum atomic E-state index is -0.366. The SMILES string of the molecule is O=C(c1nnn2c1c(=O)[nH]c1ccccc12)N1CCc2ccccc2C1. The summed E-state index contributed by atoms with van der Waals surface area (Å²) in [6, 6.07) is 15.4.